The summed E-state index contributed by atoms with van der Waals surface area (Å²) in [6, 6.07) is 9.12. The van der Waals surface area contributed by atoms with E-state index in [9.17, 15) is 9.90 Å². The smallest absolute Gasteiger partial charge is 0.322 e. The monoisotopic (exact) mass is 237 g/mol. The molecule has 4 heteroatoms. The van der Waals surface area contributed by atoms with Gasteiger partial charge in [0.25, 0.3) is 0 Å². The Kier molecular flexibility index (Phi) is 5.66. The highest BCUT2D eigenvalue weighted by Gasteiger charge is 2.13. The second-order valence-electron chi connectivity index (χ2n) is 3.91. The number of benzene rings is 1. The molecule has 2 atom stereocenters. The predicted octanol–water partition coefficient (Wildman–Crippen LogP) is 1.26. The first-order valence-electron chi connectivity index (χ1n) is 5.69. The number of ether oxygens (including phenoxy) is 1. The van der Waals surface area contributed by atoms with Crippen LogP contribution < -0.4 is 5.32 Å². The van der Waals surface area contributed by atoms with E-state index < -0.39 is 6.10 Å². The molecular weight excluding hydrogens is 218 g/mol. The Morgan fingerprint density at radius 1 is 1.41 bits per heavy atom. The van der Waals surface area contributed by atoms with Gasteiger partial charge in [-0.1, -0.05) is 30.3 Å². The minimum atomic E-state index is -0.506. The maximum Gasteiger partial charge on any atom is 0.322 e. The van der Waals surface area contributed by atoms with Gasteiger partial charge in [-0.25, -0.2) is 0 Å². The third-order valence-electron chi connectivity index (χ3n) is 2.61. The summed E-state index contributed by atoms with van der Waals surface area (Å²) in [5.74, 6) is -0.292. The highest BCUT2D eigenvalue weighted by atomic mass is 16.5. The fourth-order valence-corrected chi connectivity index (χ4v) is 1.54. The van der Waals surface area contributed by atoms with Crippen LogP contribution in [0, 0.1) is 0 Å². The molecule has 1 unspecified atom stereocenters. The molecule has 0 saturated heterocycles. The molecule has 4 nitrogen and oxygen atoms in total. The molecule has 1 aromatic carbocycles. The molecule has 17 heavy (non-hydrogen) atoms. The predicted molar refractivity (Wildman–Crippen MR) is 65.5 cm³/mol. The summed E-state index contributed by atoms with van der Waals surface area (Å²) in [4.78, 5) is 11.1. The molecule has 0 aliphatic carbocycles. The molecule has 1 rings (SSSR count). The van der Waals surface area contributed by atoms with E-state index in [4.69, 9.17) is 0 Å². The molecule has 0 heterocycles. The van der Waals surface area contributed by atoms with Crippen molar-refractivity contribution in [2.75, 3.05) is 13.7 Å². The van der Waals surface area contributed by atoms with Crippen LogP contribution in [0.25, 0.3) is 0 Å². The van der Waals surface area contributed by atoms with Crippen LogP contribution in [0.3, 0.4) is 0 Å². The molecule has 0 spiro atoms. The fourth-order valence-electron chi connectivity index (χ4n) is 1.54. The van der Waals surface area contributed by atoms with E-state index >= 15 is 0 Å². The molecule has 0 radical (unpaired) electrons. The molecule has 0 amide bonds. The summed E-state index contributed by atoms with van der Waals surface area (Å²) < 4.78 is 4.59. The lowest BCUT2D eigenvalue weighted by Gasteiger charge is -2.14. The second kappa shape index (κ2) is 7.04. The van der Waals surface area contributed by atoms with Gasteiger partial charge in [0, 0.05) is 0 Å². The summed E-state index contributed by atoms with van der Waals surface area (Å²) in [5.41, 5.74) is 0.889. The van der Waals surface area contributed by atoms with Crippen molar-refractivity contribution in [2.24, 2.45) is 0 Å². The quantitative estimate of drug-likeness (QED) is 0.731. The number of nitrogens with one attached hydrogen (secondary N) is 1. The molecule has 0 aliphatic heterocycles. The Hall–Kier alpha value is -1.39. The first-order valence-corrected chi connectivity index (χ1v) is 5.69. The minimum Gasteiger partial charge on any atom is -0.468 e. The zero-order chi connectivity index (χ0) is 12.7. The standard InChI is InChI=1S/C13H19NO3/c1-10(13(16)17-2)14-9-8-12(15)11-6-4-3-5-7-11/h3-7,10,12,14-15H,8-9H2,1-2H3/t10?,12-/m1/s1. The summed E-state index contributed by atoms with van der Waals surface area (Å²) in [6.07, 6.45) is 0.0549. The van der Waals surface area contributed by atoms with E-state index in [2.05, 4.69) is 10.1 Å². The number of esters is 1. The van der Waals surface area contributed by atoms with Crippen LogP contribution in [0.15, 0.2) is 30.3 Å². The van der Waals surface area contributed by atoms with Crippen LogP contribution >= 0.6 is 0 Å². The van der Waals surface area contributed by atoms with Crippen LogP contribution in [0.5, 0.6) is 0 Å². The van der Waals surface area contributed by atoms with Gasteiger partial charge in [-0.15, -0.1) is 0 Å². The zero-order valence-electron chi connectivity index (χ0n) is 10.2. The molecule has 0 bridgehead atoms. The van der Waals surface area contributed by atoms with Crippen LogP contribution in [-0.4, -0.2) is 30.8 Å². The van der Waals surface area contributed by atoms with E-state index in [1.165, 1.54) is 7.11 Å². The number of rotatable bonds is 6. The first kappa shape index (κ1) is 13.7. The van der Waals surface area contributed by atoms with Gasteiger partial charge in [-0.2, -0.15) is 0 Å². The summed E-state index contributed by atoms with van der Waals surface area (Å²) in [5, 5.41) is 12.9. The summed E-state index contributed by atoms with van der Waals surface area (Å²) >= 11 is 0. The summed E-state index contributed by atoms with van der Waals surface area (Å²) in [7, 11) is 1.36. The van der Waals surface area contributed by atoms with Crippen LogP contribution in [0.2, 0.25) is 0 Å². The van der Waals surface area contributed by atoms with E-state index in [1.54, 1.807) is 6.92 Å². The van der Waals surface area contributed by atoms with Gasteiger partial charge in [0.1, 0.15) is 6.04 Å². The summed E-state index contributed by atoms with van der Waals surface area (Å²) in [6.45, 7) is 2.30. The zero-order valence-corrected chi connectivity index (χ0v) is 10.2. The first-order chi connectivity index (χ1) is 8.15. The molecular formula is C13H19NO3. The van der Waals surface area contributed by atoms with E-state index in [1.807, 2.05) is 30.3 Å². The van der Waals surface area contributed by atoms with Crippen LogP contribution in [-0.2, 0) is 9.53 Å². The molecule has 0 saturated carbocycles. The molecule has 0 aliphatic rings. The highest BCUT2D eigenvalue weighted by Crippen LogP contribution is 2.14. The van der Waals surface area contributed by atoms with Gasteiger partial charge in [0.15, 0.2) is 0 Å². The molecule has 94 valence electrons. The van der Waals surface area contributed by atoms with E-state index in [-0.39, 0.29) is 12.0 Å². The third kappa shape index (κ3) is 4.54. The third-order valence-corrected chi connectivity index (χ3v) is 2.61. The van der Waals surface area contributed by atoms with Gasteiger partial charge in [-0.3, -0.25) is 4.79 Å². The number of carbonyl (C=O) groups excluding carboxylic acids is 1. The largest absolute Gasteiger partial charge is 0.468 e. The van der Waals surface area contributed by atoms with Crippen molar-refractivity contribution < 1.29 is 14.6 Å². The molecule has 0 aromatic heterocycles. The maximum atomic E-state index is 11.1. The fraction of sp³-hybridized carbons (Fsp3) is 0.462. The Morgan fingerprint density at radius 2 is 2.06 bits per heavy atom. The minimum absolute atomic E-state index is 0.292. The Morgan fingerprint density at radius 3 is 2.65 bits per heavy atom. The highest BCUT2D eigenvalue weighted by molar-refractivity contribution is 5.75. The molecule has 1 aromatic rings. The Balaban J connectivity index is 2.30. The topological polar surface area (TPSA) is 58.6 Å². The van der Waals surface area contributed by atoms with Crippen LogP contribution in [0.4, 0.5) is 0 Å². The number of aliphatic hydroxyl groups is 1. The van der Waals surface area contributed by atoms with Gasteiger partial charge in [-0.05, 0) is 25.5 Å². The van der Waals surface area contributed by atoms with Gasteiger partial charge in [0.2, 0.25) is 0 Å². The lowest BCUT2D eigenvalue weighted by atomic mass is 10.1. The van der Waals surface area contributed by atoms with Crippen molar-refractivity contribution in [3.63, 3.8) is 0 Å². The average molecular weight is 237 g/mol. The SMILES string of the molecule is COC(=O)C(C)NCC[C@@H](O)c1ccccc1. The Bertz CT molecular complexity index is 340. The van der Waals surface area contributed by atoms with Crippen molar-refractivity contribution in [1.82, 2.24) is 5.32 Å². The number of hydrogen-bond acceptors (Lipinski definition) is 4. The molecule has 2 N–H and O–H groups in total. The van der Waals surface area contributed by atoms with Crippen molar-refractivity contribution in [3.8, 4) is 0 Å². The number of aliphatic hydroxyl groups excluding tert-OH is 1. The van der Waals surface area contributed by atoms with E-state index in [0.29, 0.717) is 13.0 Å². The van der Waals surface area contributed by atoms with Crippen LogP contribution in [0.1, 0.15) is 25.0 Å². The Labute approximate surface area is 102 Å². The lowest BCUT2D eigenvalue weighted by Crippen LogP contribution is -2.35. The average Bonchev–Trinajstić information content (AvgIpc) is 2.38. The lowest BCUT2D eigenvalue weighted by molar-refractivity contribution is -0.142. The van der Waals surface area contributed by atoms with Gasteiger partial charge in [0.05, 0.1) is 13.2 Å². The van der Waals surface area contributed by atoms with Crippen molar-refractivity contribution in [2.45, 2.75) is 25.5 Å². The van der Waals surface area contributed by atoms with Gasteiger partial charge >= 0.3 is 5.97 Å². The number of carbonyl (C=O) groups is 1. The van der Waals surface area contributed by atoms with Gasteiger partial charge < -0.3 is 15.2 Å². The number of methoxy groups -OCH3 is 1. The van der Waals surface area contributed by atoms with Crippen molar-refractivity contribution >= 4 is 5.97 Å². The number of hydrogen-bond donors (Lipinski definition) is 2. The van der Waals surface area contributed by atoms with Crippen molar-refractivity contribution in [1.29, 1.82) is 0 Å². The second-order valence-corrected chi connectivity index (χ2v) is 3.91. The van der Waals surface area contributed by atoms with E-state index in [0.717, 1.165) is 5.56 Å². The normalized spacial score (nSPS) is 14.1. The molecule has 0 fully saturated rings. The maximum absolute atomic E-state index is 11.1. The van der Waals surface area contributed by atoms with Crippen molar-refractivity contribution in [3.05, 3.63) is 35.9 Å².